The fourth-order valence-electron chi connectivity index (χ4n) is 2.33. The minimum atomic E-state index is -3.70. The van der Waals surface area contributed by atoms with Crippen molar-refractivity contribution in [3.63, 3.8) is 0 Å². The van der Waals surface area contributed by atoms with Gasteiger partial charge in [-0.15, -0.1) is 11.3 Å². The second kappa shape index (κ2) is 5.26. The smallest absolute Gasteiger partial charge is 0.247 e. The van der Waals surface area contributed by atoms with Gasteiger partial charge in [-0.05, 0) is 24.3 Å². The summed E-state index contributed by atoms with van der Waals surface area (Å²) in [6.45, 7) is 0.415. The van der Waals surface area contributed by atoms with Crippen LogP contribution >= 0.6 is 22.9 Å². The minimum Gasteiger partial charge on any atom is -0.488 e. The van der Waals surface area contributed by atoms with Crippen molar-refractivity contribution in [3.05, 3.63) is 34.9 Å². The maximum absolute atomic E-state index is 11.4. The molecule has 3 rings (SSSR count). The van der Waals surface area contributed by atoms with Gasteiger partial charge in [0.1, 0.15) is 16.1 Å². The lowest BCUT2D eigenvalue weighted by Crippen LogP contribution is -2.24. The van der Waals surface area contributed by atoms with E-state index < -0.39 is 10.0 Å². The highest BCUT2D eigenvalue weighted by atomic mass is 35.5. The number of primary sulfonamides is 1. The first-order valence-electron chi connectivity index (χ1n) is 6.20. The van der Waals surface area contributed by atoms with Gasteiger partial charge in [-0.25, -0.2) is 13.6 Å². The minimum absolute atomic E-state index is 0.0742. The number of fused-ring (bicyclic) bond motifs is 1. The van der Waals surface area contributed by atoms with Crippen LogP contribution in [0.5, 0.6) is 5.75 Å². The SMILES string of the molecule is NC[C@@H]1Cc2cc(Cl)cc(-c3ccc(S(N)(=O)=O)s3)c2O1. The third-order valence-corrected chi connectivity index (χ3v) is 6.03. The number of halogens is 1. The Kier molecular flexibility index (Phi) is 3.71. The van der Waals surface area contributed by atoms with Crippen LogP contribution in [0.15, 0.2) is 28.5 Å². The second-order valence-electron chi connectivity index (χ2n) is 4.78. The summed E-state index contributed by atoms with van der Waals surface area (Å²) in [5.74, 6) is 0.720. The molecule has 0 radical (unpaired) electrons. The van der Waals surface area contributed by atoms with Crippen molar-refractivity contribution in [3.8, 4) is 16.2 Å². The van der Waals surface area contributed by atoms with E-state index in [2.05, 4.69) is 0 Å². The fourth-order valence-corrected chi connectivity index (χ4v) is 4.31. The Balaban J connectivity index is 2.10. The molecule has 2 heterocycles. The Morgan fingerprint density at radius 3 is 2.76 bits per heavy atom. The van der Waals surface area contributed by atoms with Crippen molar-refractivity contribution in [2.45, 2.75) is 16.7 Å². The molecule has 0 fully saturated rings. The molecular formula is C13H13ClN2O3S2. The van der Waals surface area contributed by atoms with E-state index in [1.54, 1.807) is 12.1 Å². The van der Waals surface area contributed by atoms with Gasteiger partial charge in [0.15, 0.2) is 0 Å². The van der Waals surface area contributed by atoms with Crippen molar-refractivity contribution >= 4 is 33.0 Å². The van der Waals surface area contributed by atoms with Crippen molar-refractivity contribution < 1.29 is 13.2 Å². The molecule has 0 saturated carbocycles. The molecule has 1 atom stereocenters. The van der Waals surface area contributed by atoms with E-state index in [0.717, 1.165) is 33.1 Å². The van der Waals surface area contributed by atoms with Gasteiger partial charge in [0.25, 0.3) is 0 Å². The topological polar surface area (TPSA) is 95.4 Å². The lowest BCUT2D eigenvalue weighted by atomic mass is 10.1. The molecule has 1 aliphatic rings. The molecule has 0 unspecified atom stereocenters. The number of hydrogen-bond acceptors (Lipinski definition) is 5. The van der Waals surface area contributed by atoms with Crippen molar-refractivity contribution in [2.24, 2.45) is 10.9 Å². The van der Waals surface area contributed by atoms with E-state index in [4.69, 9.17) is 27.2 Å². The Hall–Kier alpha value is -1.12. The van der Waals surface area contributed by atoms with E-state index in [1.165, 1.54) is 6.07 Å². The summed E-state index contributed by atoms with van der Waals surface area (Å²) < 4.78 is 28.7. The molecular weight excluding hydrogens is 332 g/mol. The summed E-state index contributed by atoms with van der Waals surface area (Å²) in [5, 5.41) is 5.72. The maximum atomic E-state index is 11.4. The Morgan fingerprint density at radius 1 is 1.38 bits per heavy atom. The van der Waals surface area contributed by atoms with Crippen LogP contribution in [0.3, 0.4) is 0 Å². The zero-order valence-electron chi connectivity index (χ0n) is 10.9. The molecule has 8 heteroatoms. The number of sulfonamides is 1. The van der Waals surface area contributed by atoms with Crippen LogP contribution in [-0.4, -0.2) is 21.1 Å². The predicted octanol–water partition coefficient (Wildman–Crippen LogP) is 1.98. The Morgan fingerprint density at radius 2 is 2.14 bits per heavy atom. The van der Waals surface area contributed by atoms with Crippen molar-refractivity contribution in [1.29, 1.82) is 0 Å². The molecule has 5 nitrogen and oxygen atoms in total. The first-order valence-corrected chi connectivity index (χ1v) is 8.94. The zero-order chi connectivity index (χ0) is 15.2. The van der Waals surface area contributed by atoms with E-state index in [0.29, 0.717) is 18.0 Å². The Bertz CT molecular complexity index is 802. The molecule has 1 aromatic heterocycles. The molecule has 0 spiro atoms. The van der Waals surface area contributed by atoms with Gasteiger partial charge in [0, 0.05) is 34.0 Å². The highest BCUT2D eigenvalue weighted by Gasteiger charge is 2.26. The van der Waals surface area contributed by atoms with Crippen LogP contribution in [0.25, 0.3) is 10.4 Å². The highest BCUT2D eigenvalue weighted by molar-refractivity contribution is 7.91. The van der Waals surface area contributed by atoms with Gasteiger partial charge < -0.3 is 10.5 Å². The third kappa shape index (κ3) is 2.79. The van der Waals surface area contributed by atoms with Gasteiger partial charge in [0.05, 0.1) is 0 Å². The van der Waals surface area contributed by atoms with Crippen LogP contribution in [0.4, 0.5) is 0 Å². The molecule has 1 aromatic carbocycles. The number of rotatable bonds is 3. The van der Waals surface area contributed by atoms with Crippen molar-refractivity contribution in [1.82, 2.24) is 0 Å². The van der Waals surface area contributed by atoms with E-state index >= 15 is 0 Å². The van der Waals surface area contributed by atoms with E-state index in [1.807, 2.05) is 6.07 Å². The van der Waals surface area contributed by atoms with E-state index in [9.17, 15) is 8.42 Å². The average Bonchev–Trinajstić information content (AvgIpc) is 3.03. The lowest BCUT2D eigenvalue weighted by Gasteiger charge is -2.10. The third-order valence-electron chi connectivity index (χ3n) is 3.25. The summed E-state index contributed by atoms with van der Waals surface area (Å²) in [4.78, 5) is 0.746. The van der Waals surface area contributed by atoms with Crippen LogP contribution in [-0.2, 0) is 16.4 Å². The van der Waals surface area contributed by atoms with Gasteiger partial charge >= 0.3 is 0 Å². The molecule has 0 aliphatic carbocycles. The summed E-state index contributed by atoms with van der Waals surface area (Å²) in [5.41, 5.74) is 7.41. The van der Waals surface area contributed by atoms with Crippen LogP contribution in [0.1, 0.15) is 5.56 Å². The van der Waals surface area contributed by atoms with Gasteiger partial charge in [0.2, 0.25) is 10.0 Å². The molecule has 0 bridgehead atoms. The highest BCUT2D eigenvalue weighted by Crippen LogP contribution is 2.43. The quantitative estimate of drug-likeness (QED) is 0.889. The second-order valence-corrected chi connectivity index (χ2v) is 8.09. The van der Waals surface area contributed by atoms with Crippen LogP contribution in [0.2, 0.25) is 5.02 Å². The zero-order valence-corrected chi connectivity index (χ0v) is 13.3. The first kappa shape index (κ1) is 14.8. The number of nitrogens with two attached hydrogens (primary N) is 2. The van der Waals surface area contributed by atoms with Gasteiger partial charge in [-0.1, -0.05) is 11.6 Å². The molecule has 4 N–H and O–H groups in total. The predicted molar refractivity (Wildman–Crippen MR) is 83.3 cm³/mol. The van der Waals surface area contributed by atoms with Crippen LogP contribution < -0.4 is 15.6 Å². The Labute approximate surface area is 131 Å². The molecule has 21 heavy (non-hydrogen) atoms. The van der Waals surface area contributed by atoms with Gasteiger partial charge in [-0.2, -0.15) is 0 Å². The van der Waals surface area contributed by atoms with E-state index in [-0.39, 0.29) is 10.3 Å². The molecule has 1 aliphatic heterocycles. The standard InChI is InChI=1S/C13H13ClN2O3S2/c14-8-3-7-4-9(6-15)19-13(7)10(5-8)11-1-2-12(20-11)21(16,17)18/h1-3,5,9H,4,6,15H2,(H2,16,17,18)/t9-/m0/s1. The fraction of sp³-hybridized carbons (Fsp3) is 0.231. The lowest BCUT2D eigenvalue weighted by molar-refractivity contribution is 0.242. The summed E-state index contributed by atoms with van der Waals surface area (Å²) >= 11 is 7.23. The van der Waals surface area contributed by atoms with Gasteiger partial charge in [-0.3, -0.25) is 0 Å². The monoisotopic (exact) mass is 344 g/mol. The molecule has 0 saturated heterocycles. The molecule has 2 aromatic rings. The first-order chi connectivity index (χ1) is 9.88. The average molecular weight is 345 g/mol. The maximum Gasteiger partial charge on any atom is 0.247 e. The number of hydrogen-bond donors (Lipinski definition) is 2. The summed E-state index contributed by atoms with van der Waals surface area (Å²) in [7, 11) is -3.70. The number of ether oxygens (including phenoxy) is 1. The number of thiophene rings is 1. The van der Waals surface area contributed by atoms with Crippen LogP contribution in [0, 0.1) is 0 Å². The summed E-state index contributed by atoms with van der Waals surface area (Å²) in [6, 6.07) is 6.80. The summed E-state index contributed by atoms with van der Waals surface area (Å²) in [6.07, 6.45) is 0.627. The largest absolute Gasteiger partial charge is 0.488 e. The normalized spacial score (nSPS) is 17.6. The molecule has 0 amide bonds. The number of benzene rings is 1. The van der Waals surface area contributed by atoms with Crippen molar-refractivity contribution in [2.75, 3.05) is 6.54 Å². The molecule has 112 valence electrons.